The summed E-state index contributed by atoms with van der Waals surface area (Å²) in [6.07, 6.45) is 5.18. The molecule has 1 aliphatic heterocycles. The molecule has 1 atom stereocenters. The van der Waals surface area contributed by atoms with Crippen molar-refractivity contribution in [2.45, 2.75) is 65.0 Å². The third-order valence-electron chi connectivity index (χ3n) is 3.77. The number of hydrogen-bond donors (Lipinski definition) is 1. The van der Waals surface area contributed by atoms with Crippen LogP contribution in [0.2, 0.25) is 0 Å². The van der Waals surface area contributed by atoms with E-state index in [0.717, 1.165) is 0 Å². The molecule has 0 amide bonds. The lowest BCUT2D eigenvalue weighted by Crippen LogP contribution is -2.51. The Morgan fingerprint density at radius 1 is 1.38 bits per heavy atom. The molecule has 0 saturated heterocycles. The summed E-state index contributed by atoms with van der Waals surface area (Å²) in [6.45, 7) is 9.19. The van der Waals surface area contributed by atoms with Gasteiger partial charge in [0.15, 0.2) is 5.17 Å². The number of rotatable bonds is 1. The highest BCUT2D eigenvalue weighted by Crippen LogP contribution is 2.34. The highest BCUT2D eigenvalue weighted by molar-refractivity contribution is 8.13. The molecule has 92 valence electrons. The summed E-state index contributed by atoms with van der Waals surface area (Å²) in [5.41, 5.74) is 0.639. The molecule has 1 unspecified atom stereocenters. The molecule has 1 saturated carbocycles. The van der Waals surface area contributed by atoms with Gasteiger partial charge in [-0.25, -0.2) is 0 Å². The second-order valence-corrected chi connectivity index (χ2v) is 7.58. The highest BCUT2D eigenvalue weighted by atomic mass is 32.2. The van der Waals surface area contributed by atoms with E-state index in [9.17, 15) is 0 Å². The van der Waals surface area contributed by atoms with E-state index in [1.807, 2.05) is 11.8 Å². The highest BCUT2D eigenvalue weighted by Gasteiger charge is 2.34. The number of amidine groups is 1. The lowest BCUT2D eigenvalue weighted by Gasteiger charge is -2.41. The summed E-state index contributed by atoms with van der Waals surface area (Å²) in [4.78, 5) is 4.89. The standard InChI is InChI=1S/C13H24N2S/c1-12(2,3)10-6-9-16-11(14-10)15-13(4)7-5-8-13/h10H,5-9H2,1-4H3,(H,14,15). The second kappa shape index (κ2) is 4.25. The molecule has 0 aromatic rings. The minimum Gasteiger partial charge on any atom is -0.360 e. The summed E-state index contributed by atoms with van der Waals surface area (Å²) in [7, 11) is 0. The average molecular weight is 240 g/mol. The van der Waals surface area contributed by atoms with Crippen LogP contribution >= 0.6 is 11.8 Å². The van der Waals surface area contributed by atoms with Gasteiger partial charge < -0.3 is 5.32 Å². The third-order valence-corrected chi connectivity index (χ3v) is 4.69. The van der Waals surface area contributed by atoms with Gasteiger partial charge in [-0.3, -0.25) is 4.99 Å². The SMILES string of the molecule is CC1(NC2=NC(C(C)(C)C)CCS2)CCC1. The molecule has 0 spiro atoms. The van der Waals surface area contributed by atoms with Gasteiger partial charge in [-0.05, 0) is 38.0 Å². The summed E-state index contributed by atoms with van der Waals surface area (Å²) in [5.74, 6) is 1.21. The van der Waals surface area contributed by atoms with Gasteiger partial charge in [0, 0.05) is 11.3 Å². The summed E-state index contributed by atoms with van der Waals surface area (Å²) >= 11 is 1.90. The maximum absolute atomic E-state index is 4.89. The lowest BCUT2D eigenvalue weighted by molar-refractivity contribution is 0.243. The van der Waals surface area contributed by atoms with Crippen LogP contribution in [-0.2, 0) is 0 Å². The quantitative estimate of drug-likeness (QED) is 0.759. The Balaban J connectivity index is 2.01. The minimum absolute atomic E-state index is 0.300. The first-order chi connectivity index (χ1) is 7.39. The molecule has 1 fully saturated rings. The zero-order valence-electron chi connectivity index (χ0n) is 11.0. The fourth-order valence-corrected chi connectivity index (χ4v) is 3.35. The summed E-state index contributed by atoms with van der Waals surface area (Å²) in [6, 6.07) is 0.486. The molecule has 2 rings (SSSR count). The Morgan fingerprint density at radius 2 is 2.06 bits per heavy atom. The molecule has 1 aliphatic carbocycles. The number of thioether (sulfide) groups is 1. The van der Waals surface area contributed by atoms with E-state index in [1.165, 1.54) is 36.6 Å². The molecule has 0 bridgehead atoms. The Hall–Kier alpha value is -0.180. The van der Waals surface area contributed by atoms with E-state index in [0.29, 0.717) is 17.0 Å². The molecule has 1 N–H and O–H groups in total. The van der Waals surface area contributed by atoms with Crippen LogP contribution in [0.4, 0.5) is 0 Å². The van der Waals surface area contributed by atoms with Crippen molar-refractivity contribution in [1.29, 1.82) is 0 Å². The van der Waals surface area contributed by atoms with Crippen LogP contribution in [0.25, 0.3) is 0 Å². The van der Waals surface area contributed by atoms with Crippen LogP contribution < -0.4 is 5.32 Å². The fraction of sp³-hybridized carbons (Fsp3) is 0.923. The van der Waals surface area contributed by atoms with Crippen molar-refractivity contribution in [3.05, 3.63) is 0 Å². The maximum atomic E-state index is 4.89. The lowest BCUT2D eigenvalue weighted by atomic mass is 9.79. The number of hydrogen-bond acceptors (Lipinski definition) is 3. The first-order valence-corrected chi connectivity index (χ1v) is 7.36. The summed E-state index contributed by atoms with van der Waals surface area (Å²) in [5, 5.41) is 4.84. The first kappa shape index (κ1) is 12.3. The van der Waals surface area contributed by atoms with Crippen molar-refractivity contribution < 1.29 is 0 Å². The van der Waals surface area contributed by atoms with Gasteiger partial charge in [0.25, 0.3) is 0 Å². The monoisotopic (exact) mass is 240 g/mol. The van der Waals surface area contributed by atoms with Crippen molar-refractivity contribution in [2.75, 3.05) is 5.75 Å². The van der Waals surface area contributed by atoms with E-state index in [-0.39, 0.29) is 0 Å². The van der Waals surface area contributed by atoms with Crippen molar-refractivity contribution in [2.24, 2.45) is 10.4 Å². The molecule has 0 aromatic heterocycles. The molecule has 2 aliphatic rings. The van der Waals surface area contributed by atoms with Crippen molar-refractivity contribution in [3.8, 4) is 0 Å². The first-order valence-electron chi connectivity index (χ1n) is 6.38. The van der Waals surface area contributed by atoms with Crippen molar-refractivity contribution in [3.63, 3.8) is 0 Å². The zero-order valence-corrected chi connectivity index (χ0v) is 11.8. The predicted molar refractivity (Wildman–Crippen MR) is 73.1 cm³/mol. The van der Waals surface area contributed by atoms with Gasteiger partial charge in [-0.2, -0.15) is 0 Å². The van der Waals surface area contributed by atoms with E-state index in [1.54, 1.807) is 0 Å². The van der Waals surface area contributed by atoms with E-state index in [2.05, 4.69) is 33.0 Å². The van der Waals surface area contributed by atoms with Crippen LogP contribution in [0.3, 0.4) is 0 Å². The van der Waals surface area contributed by atoms with Crippen LogP contribution in [0.15, 0.2) is 4.99 Å². The molecule has 0 radical (unpaired) electrons. The second-order valence-electron chi connectivity index (χ2n) is 6.49. The van der Waals surface area contributed by atoms with Crippen molar-refractivity contribution in [1.82, 2.24) is 5.32 Å². The molecule has 16 heavy (non-hydrogen) atoms. The third kappa shape index (κ3) is 2.73. The molecule has 2 nitrogen and oxygen atoms in total. The van der Waals surface area contributed by atoms with Gasteiger partial charge in [-0.15, -0.1) is 0 Å². The number of nitrogens with zero attached hydrogens (tertiary/aromatic N) is 1. The minimum atomic E-state index is 0.300. The van der Waals surface area contributed by atoms with E-state index in [4.69, 9.17) is 4.99 Å². The molecule has 0 aromatic carbocycles. The fourth-order valence-electron chi connectivity index (χ4n) is 2.30. The van der Waals surface area contributed by atoms with Crippen LogP contribution in [0.1, 0.15) is 53.4 Å². The van der Waals surface area contributed by atoms with Crippen LogP contribution in [0, 0.1) is 5.41 Å². The smallest absolute Gasteiger partial charge is 0.157 e. The topological polar surface area (TPSA) is 24.4 Å². The molecule has 1 heterocycles. The van der Waals surface area contributed by atoms with Gasteiger partial charge in [0.1, 0.15) is 0 Å². The Morgan fingerprint density at radius 3 is 2.56 bits per heavy atom. The Bertz CT molecular complexity index is 287. The largest absolute Gasteiger partial charge is 0.360 e. The molecule has 3 heteroatoms. The number of nitrogens with one attached hydrogen (secondary N) is 1. The predicted octanol–water partition coefficient (Wildman–Crippen LogP) is 3.43. The summed E-state index contributed by atoms with van der Waals surface area (Å²) < 4.78 is 0. The van der Waals surface area contributed by atoms with Gasteiger partial charge in [0.2, 0.25) is 0 Å². The maximum Gasteiger partial charge on any atom is 0.157 e. The molecular formula is C13H24N2S. The normalized spacial score (nSPS) is 29.2. The average Bonchev–Trinajstić information content (AvgIpc) is 2.14. The van der Waals surface area contributed by atoms with Gasteiger partial charge in [-0.1, -0.05) is 32.5 Å². The van der Waals surface area contributed by atoms with Gasteiger partial charge in [0.05, 0.1) is 6.04 Å². The number of aliphatic imine (C=N–C) groups is 1. The Kier molecular flexibility index (Phi) is 3.26. The van der Waals surface area contributed by atoms with E-state index >= 15 is 0 Å². The van der Waals surface area contributed by atoms with Crippen LogP contribution in [-0.4, -0.2) is 22.5 Å². The van der Waals surface area contributed by atoms with Crippen molar-refractivity contribution >= 4 is 16.9 Å². The Labute approximate surface area is 104 Å². The molecular weight excluding hydrogens is 216 g/mol. The van der Waals surface area contributed by atoms with Gasteiger partial charge >= 0.3 is 0 Å². The van der Waals surface area contributed by atoms with E-state index < -0.39 is 0 Å². The zero-order chi connectivity index (χ0) is 11.8. The van der Waals surface area contributed by atoms with Crippen LogP contribution in [0.5, 0.6) is 0 Å².